The normalized spacial score (nSPS) is 11.1. The van der Waals surface area contributed by atoms with Gasteiger partial charge in [-0.25, -0.2) is 14.4 Å². The Bertz CT molecular complexity index is 1010. The number of nitrogens with zero attached hydrogens (tertiary/aromatic N) is 2. The summed E-state index contributed by atoms with van der Waals surface area (Å²) in [6, 6.07) is 12.2. The van der Waals surface area contributed by atoms with Gasteiger partial charge in [-0.15, -0.1) is 0 Å². The number of nitrogens with one attached hydrogen (secondary N) is 2. The number of aromatic nitrogens is 3. The van der Waals surface area contributed by atoms with E-state index in [1.165, 1.54) is 18.5 Å². The molecular weight excluding hydrogens is 307 g/mol. The minimum atomic E-state index is -0.243. The molecule has 0 fully saturated rings. The number of ether oxygens (including phenoxy) is 1. The fraction of sp³-hybridized carbons (Fsp3) is 0.111. The van der Waals surface area contributed by atoms with Gasteiger partial charge < -0.3 is 15.0 Å². The van der Waals surface area contributed by atoms with Crippen LogP contribution in [0, 0.1) is 5.82 Å². The predicted octanol–water partition coefficient (Wildman–Crippen LogP) is 3.87. The van der Waals surface area contributed by atoms with E-state index in [2.05, 4.69) is 20.3 Å². The largest absolute Gasteiger partial charge is 0.497 e. The molecule has 0 amide bonds. The van der Waals surface area contributed by atoms with Crippen LogP contribution in [0.2, 0.25) is 0 Å². The SMILES string of the molecule is COc1ccc2[nH]c3c(NCc4ccc(F)cc4)ncnc3c2c1. The molecule has 0 bridgehead atoms. The summed E-state index contributed by atoms with van der Waals surface area (Å²) in [5, 5.41) is 4.26. The molecule has 4 rings (SSSR count). The average Bonchev–Trinajstić information content (AvgIpc) is 2.99. The number of aromatic amines is 1. The summed E-state index contributed by atoms with van der Waals surface area (Å²) in [6.07, 6.45) is 1.53. The third kappa shape index (κ3) is 2.52. The van der Waals surface area contributed by atoms with Gasteiger partial charge in [0.05, 0.1) is 7.11 Å². The van der Waals surface area contributed by atoms with Gasteiger partial charge in [0, 0.05) is 17.4 Å². The summed E-state index contributed by atoms with van der Waals surface area (Å²) in [5.41, 5.74) is 3.61. The first-order chi connectivity index (χ1) is 11.7. The third-order valence-corrected chi connectivity index (χ3v) is 3.96. The highest BCUT2D eigenvalue weighted by Gasteiger charge is 2.11. The van der Waals surface area contributed by atoms with Crippen LogP contribution in [-0.4, -0.2) is 22.1 Å². The number of rotatable bonds is 4. The molecule has 2 aromatic heterocycles. The van der Waals surface area contributed by atoms with E-state index < -0.39 is 0 Å². The quantitative estimate of drug-likeness (QED) is 0.599. The average molecular weight is 322 g/mol. The van der Waals surface area contributed by atoms with Crippen LogP contribution in [0.1, 0.15) is 5.56 Å². The Morgan fingerprint density at radius 3 is 2.75 bits per heavy atom. The molecule has 0 saturated carbocycles. The van der Waals surface area contributed by atoms with Crippen molar-refractivity contribution in [2.24, 2.45) is 0 Å². The molecule has 24 heavy (non-hydrogen) atoms. The maximum atomic E-state index is 13.0. The van der Waals surface area contributed by atoms with Gasteiger partial charge in [-0.1, -0.05) is 12.1 Å². The molecule has 2 heterocycles. The van der Waals surface area contributed by atoms with Crippen molar-refractivity contribution in [1.82, 2.24) is 15.0 Å². The van der Waals surface area contributed by atoms with Crippen molar-refractivity contribution >= 4 is 27.8 Å². The molecule has 4 aromatic rings. The summed E-state index contributed by atoms with van der Waals surface area (Å²) in [4.78, 5) is 12.0. The molecule has 0 spiro atoms. The summed E-state index contributed by atoms with van der Waals surface area (Å²) < 4.78 is 18.3. The van der Waals surface area contributed by atoms with E-state index in [9.17, 15) is 4.39 Å². The molecule has 0 saturated heterocycles. The van der Waals surface area contributed by atoms with E-state index >= 15 is 0 Å². The Balaban J connectivity index is 1.71. The zero-order valence-corrected chi connectivity index (χ0v) is 13.0. The number of hydrogen-bond donors (Lipinski definition) is 2. The molecule has 0 aliphatic rings. The van der Waals surface area contributed by atoms with Crippen LogP contribution in [0.4, 0.5) is 10.2 Å². The molecule has 0 aliphatic carbocycles. The van der Waals surface area contributed by atoms with Gasteiger partial charge in [0.1, 0.15) is 28.9 Å². The van der Waals surface area contributed by atoms with Crippen LogP contribution in [-0.2, 0) is 6.54 Å². The van der Waals surface area contributed by atoms with E-state index in [-0.39, 0.29) is 5.82 Å². The molecule has 120 valence electrons. The van der Waals surface area contributed by atoms with Crippen molar-refractivity contribution in [2.75, 3.05) is 12.4 Å². The molecule has 2 aromatic carbocycles. The first kappa shape index (κ1) is 14.4. The lowest BCUT2D eigenvalue weighted by atomic mass is 10.2. The number of benzene rings is 2. The summed E-state index contributed by atoms with van der Waals surface area (Å²) in [7, 11) is 1.64. The Morgan fingerprint density at radius 1 is 1.12 bits per heavy atom. The van der Waals surface area contributed by atoms with Crippen LogP contribution in [0.25, 0.3) is 21.9 Å². The second kappa shape index (κ2) is 5.81. The molecule has 0 radical (unpaired) electrons. The van der Waals surface area contributed by atoms with Crippen molar-refractivity contribution in [2.45, 2.75) is 6.54 Å². The fourth-order valence-corrected chi connectivity index (χ4v) is 2.72. The number of anilines is 1. The molecular formula is C18H15FN4O. The summed E-state index contributed by atoms with van der Waals surface area (Å²) >= 11 is 0. The zero-order valence-electron chi connectivity index (χ0n) is 13.0. The van der Waals surface area contributed by atoms with E-state index in [1.807, 2.05) is 18.2 Å². The minimum absolute atomic E-state index is 0.243. The van der Waals surface area contributed by atoms with Crippen LogP contribution in [0.3, 0.4) is 0 Å². The highest BCUT2D eigenvalue weighted by Crippen LogP contribution is 2.30. The molecule has 2 N–H and O–H groups in total. The number of halogens is 1. The van der Waals surface area contributed by atoms with Crippen LogP contribution in [0.5, 0.6) is 5.75 Å². The molecule has 0 unspecified atom stereocenters. The lowest BCUT2D eigenvalue weighted by Crippen LogP contribution is -2.02. The standard InChI is InChI=1S/C18H15FN4O/c1-24-13-6-7-15-14(8-13)16-17(23-15)18(22-10-21-16)20-9-11-2-4-12(19)5-3-11/h2-8,10,23H,9H2,1H3,(H,20,21,22). The van der Waals surface area contributed by atoms with Crippen molar-refractivity contribution < 1.29 is 9.13 Å². The number of fused-ring (bicyclic) bond motifs is 3. The monoisotopic (exact) mass is 322 g/mol. The van der Waals surface area contributed by atoms with Crippen LogP contribution in [0.15, 0.2) is 48.8 Å². The maximum absolute atomic E-state index is 13.0. The van der Waals surface area contributed by atoms with Crippen molar-refractivity contribution in [3.63, 3.8) is 0 Å². The van der Waals surface area contributed by atoms with Crippen LogP contribution >= 0.6 is 0 Å². The Morgan fingerprint density at radius 2 is 1.96 bits per heavy atom. The highest BCUT2D eigenvalue weighted by molar-refractivity contribution is 6.08. The molecule has 6 heteroatoms. The minimum Gasteiger partial charge on any atom is -0.497 e. The first-order valence-electron chi connectivity index (χ1n) is 7.53. The lowest BCUT2D eigenvalue weighted by Gasteiger charge is -2.06. The van der Waals surface area contributed by atoms with E-state index in [4.69, 9.17) is 4.74 Å². The predicted molar refractivity (Wildman–Crippen MR) is 91.7 cm³/mol. The Hall–Kier alpha value is -3.15. The zero-order chi connectivity index (χ0) is 16.5. The third-order valence-electron chi connectivity index (χ3n) is 3.96. The van der Waals surface area contributed by atoms with Gasteiger partial charge in [0.15, 0.2) is 5.82 Å². The van der Waals surface area contributed by atoms with Crippen molar-refractivity contribution in [3.8, 4) is 5.75 Å². The van der Waals surface area contributed by atoms with Gasteiger partial charge in [0.2, 0.25) is 0 Å². The molecule has 5 nitrogen and oxygen atoms in total. The van der Waals surface area contributed by atoms with E-state index in [1.54, 1.807) is 19.2 Å². The van der Waals surface area contributed by atoms with E-state index in [0.29, 0.717) is 12.4 Å². The Labute approximate surface area is 137 Å². The molecule has 0 aliphatic heterocycles. The fourth-order valence-electron chi connectivity index (χ4n) is 2.72. The highest BCUT2D eigenvalue weighted by atomic mass is 19.1. The Kier molecular flexibility index (Phi) is 3.49. The number of methoxy groups -OCH3 is 1. The van der Waals surface area contributed by atoms with Gasteiger partial charge in [-0.05, 0) is 35.9 Å². The number of H-pyrrole nitrogens is 1. The lowest BCUT2D eigenvalue weighted by molar-refractivity contribution is 0.415. The van der Waals surface area contributed by atoms with Gasteiger partial charge in [-0.2, -0.15) is 0 Å². The summed E-state index contributed by atoms with van der Waals surface area (Å²) in [6.45, 7) is 0.547. The van der Waals surface area contributed by atoms with Crippen molar-refractivity contribution in [3.05, 3.63) is 60.2 Å². The maximum Gasteiger partial charge on any atom is 0.154 e. The van der Waals surface area contributed by atoms with Gasteiger partial charge in [0.25, 0.3) is 0 Å². The van der Waals surface area contributed by atoms with Gasteiger partial charge >= 0.3 is 0 Å². The van der Waals surface area contributed by atoms with Crippen LogP contribution < -0.4 is 10.1 Å². The van der Waals surface area contributed by atoms with E-state index in [0.717, 1.165) is 33.2 Å². The van der Waals surface area contributed by atoms with Gasteiger partial charge in [-0.3, -0.25) is 0 Å². The summed E-state index contributed by atoms with van der Waals surface area (Å²) in [5.74, 6) is 1.25. The number of hydrogen-bond acceptors (Lipinski definition) is 4. The topological polar surface area (TPSA) is 62.8 Å². The first-order valence-corrected chi connectivity index (χ1v) is 7.53. The second-order valence-electron chi connectivity index (χ2n) is 5.46. The second-order valence-corrected chi connectivity index (χ2v) is 5.46. The smallest absolute Gasteiger partial charge is 0.154 e. The molecule has 0 atom stereocenters. The van der Waals surface area contributed by atoms with Crippen molar-refractivity contribution in [1.29, 1.82) is 0 Å².